The molecular formula is C16H20N2O5. The zero-order chi connectivity index (χ0) is 16.7. The number of hydrogen-bond acceptors (Lipinski definition) is 5. The Morgan fingerprint density at radius 2 is 2.04 bits per heavy atom. The zero-order valence-corrected chi connectivity index (χ0v) is 12.8. The van der Waals surface area contributed by atoms with Crippen molar-refractivity contribution in [1.82, 2.24) is 0 Å². The molecule has 1 aromatic carbocycles. The van der Waals surface area contributed by atoms with Gasteiger partial charge in [0.25, 0.3) is 11.6 Å². The SMILES string of the molecule is O=C(COC(=O)CCC1CCCC1)Nc1cccc([N+](=O)[O-])c1. The zero-order valence-electron chi connectivity index (χ0n) is 12.8. The summed E-state index contributed by atoms with van der Waals surface area (Å²) in [6.07, 6.45) is 5.93. The summed E-state index contributed by atoms with van der Waals surface area (Å²) in [5.41, 5.74) is 0.183. The van der Waals surface area contributed by atoms with Crippen molar-refractivity contribution in [2.75, 3.05) is 11.9 Å². The number of carbonyl (C=O) groups is 2. The largest absolute Gasteiger partial charge is 0.456 e. The van der Waals surface area contributed by atoms with Gasteiger partial charge in [0, 0.05) is 24.2 Å². The number of anilines is 1. The van der Waals surface area contributed by atoms with Crippen LogP contribution in [0.3, 0.4) is 0 Å². The van der Waals surface area contributed by atoms with E-state index in [0.29, 0.717) is 18.0 Å². The molecule has 0 aliphatic heterocycles. The normalized spacial score (nSPS) is 14.4. The van der Waals surface area contributed by atoms with Crippen LogP contribution in [0.1, 0.15) is 38.5 Å². The molecule has 1 fully saturated rings. The van der Waals surface area contributed by atoms with E-state index in [1.807, 2.05) is 0 Å². The molecule has 0 aromatic heterocycles. The minimum Gasteiger partial charge on any atom is -0.456 e. The van der Waals surface area contributed by atoms with Crippen LogP contribution in [0.5, 0.6) is 0 Å². The monoisotopic (exact) mass is 320 g/mol. The van der Waals surface area contributed by atoms with Crippen LogP contribution < -0.4 is 5.32 Å². The standard InChI is InChI=1S/C16H20N2O5/c19-15(17-13-6-3-7-14(10-13)18(21)22)11-23-16(20)9-8-12-4-1-2-5-12/h3,6-7,10,12H,1-2,4-5,8-9,11H2,(H,17,19). The molecule has 0 spiro atoms. The van der Waals surface area contributed by atoms with Crippen LogP contribution in [0.25, 0.3) is 0 Å². The van der Waals surface area contributed by atoms with Gasteiger partial charge in [-0.05, 0) is 18.4 Å². The Balaban J connectivity index is 1.70. The van der Waals surface area contributed by atoms with E-state index in [0.717, 1.165) is 6.42 Å². The quantitative estimate of drug-likeness (QED) is 0.473. The Kier molecular flexibility index (Phi) is 6.08. The van der Waals surface area contributed by atoms with Gasteiger partial charge in [-0.1, -0.05) is 31.7 Å². The number of carbonyl (C=O) groups excluding carboxylic acids is 2. The van der Waals surface area contributed by atoms with Crippen LogP contribution in [-0.4, -0.2) is 23.4 Å². The van der Waals surface area contributed by atoms with Crippen molar-refractivity contribution < 1.29 is 19.2 Å². The fraction of sp³-hybridized carbons (Fsp3) is 0.500. The molecule has 1 aromatic rings. The van der Waals surface area contributed by atoms with Gasteiger partial charge in [0.1, 0.15) is 0 Å². The molecule has 124 valence electrons. The number of rotatable bonds is 7. The Hall–Kier alpha value is -2.44. The molecule has 0 heterocycles. The first kappa shape index (κ1) is 16.9. The topological polar surface area (TPSA) is 98.5 Å². The van der Waals surface area contributed by atoms with Crippen molar-refractivity contribution in [3.63, 3.8) is 0 Å². The van der Waals surface area contributed by atoms with Crippen LogP contribution in [0.15, 0.2) is 24.3 Å². The number of hydrogen-bond donors (Lipinski definition) is 1. The number of esters is 1. The minimum atomic E-state index is -0.543. The number of amides is 1. The smallest absolute Gasteiger partial charge is 0.306 e. The average Bonchev–Trinajstić information content (AvgIpc) is 3.04. The van der Waals surface area contributed by atoms with E-state index in [2.05, 4.69) is 5.32 Å². The first-order valence-corrected chi connectivity index (χ1v) is 7.74. The lowest BCUT2D eigenvalue weighted by atomic mass is 10.0. The molecule has 23 heavy (non-hydrogen) atoms. The number of benzene rings is 1. The Morgan fingerprint density at radius 3 is 2.74 bits per heavy atom. The fourth-order valence-electron chi connectivity index (χ4n) is 2.73. The molecule has 1 saturated carbocycles. The van der Waals surface area contributed by atoms with Gasteiger partial charge in [-0.2, -0.15) is 0 Å². The van der Waals surface area contributed by atoms with Crippen molar-refractivity contribution >= 4 is 23.3 Å². The highest BCUT2D eigenvalue weighted by molar-refractivity contribution is 5.93. The van der Waals surface area contributed by atoms with Crippen molar-refractivity contribution in [2.45, 2.75) is 38.5 Å². The van der Waals surface area contributed by atoms with Crippen molar-refractivity contribution in [2.24, 2.45) is 5.92 Å². The van der Waals surface area contributed by atoms with Gasteiger partial charge in [-0.3, -0.25) is 19.7 Å². The van der Waals surface area contributed by atoms with Gasteiger partial charge in [0.15, 0.2) is 6.61 Å². The summed E-state index contributed by atoms with van der Waals surface area (Å²) in [6, 6.07) is 5.59. The summed E-state index contributed by atoms with van der Waals surface area (Å²) in [7, 11) is 0. The number of nitro benzene ring substituents is 1. The third kappa shape index (κ3) is 5.69. The van der Waals surface area contributed by atoms with Crippen LogP contribution in [-0.2, 0) is 14.3 Å². The Bertz CT molecular complexity index is 582. The molecule has 7 heteroatoms. The van der Waals surface area contributed by atoms with Crippen LogP contribution in [0.2, 0.25) is 0 Å². The van der Waals surface area contributed by atoms with Gasteiger partial charge < -0.3 is 10.1 Å². The van der Waals surface area contributed by atoms with Gasteiger partial charge in [-0.15, -0.1) is 0 Å². The maximum Gasteiger partial charge on any atom is 0.306 e. The van der Waals surface area contributed by atoms with E-state index in [9.17, 15) is 19.7 Å². The van der Waals surface area contributed by atoms with Crippen LogP contribution in [0, 0.1) is 16.0 Å². The molecule has 1 amide bonds. The minimum absolute atomic E-state index is 0.114. The molecule has 0 bridgehead atoms. The van der Waals surface area contributed by atoms with Gasteiger partial charge in [0.05, 0.1) is 4.92 Å². The predicted octanol–water partition coefficient (Wildman–Crippen LogP) is 3.05. The Morgan fingerprint density at radius 1 is 1.30 bits per heavy atom. The summed E-state index contributed by atoms with van der Waals surface area (Å²) in [5, 5.41) is 13.1. The number of ether oxygens (including phenoxy) is 1. The van der Waals surface area contributed by atoms with Crippen LogP contribution >= 0.6 is 0 Å². The molecule has 7 nitrogen and oxygen atoms in total. The molecule has 0 unspecified atom stereocenters. The second-order valence-electron chi connectivity index (χ2n) is 5.71. The van der Waals surface area contributed by atoms with Gasteiger partial charge >= 0.3 is 5.97 Å². The predicted molar refractivity (Wildman–Crippen MR) is 83.9 cm³/mol. The second-order valence-corrected chi connectivity index (χ2v) is 5.71. The van der Waals surface area contributed by atoms with Crippen molar-refractivity contribution in [3.05, 3.63) is 34.4 Å². The van der Waals surface area contributed by atoms with E-state index < -0.39 is 10.8 Å². The highest BCUT2D eigenvalue weighted by Crippen LogP contribution is 2.28. The first-order valence-electron chi connectivity index (χ1n) is 7.74. The van der Waals surface area contributed by atoms with E-state index in [4.69, 9.17) is 4.74 Å². The van der Waals surface area contributed by atoms with Crippen molar-refractivity contribution in [3.8, 4) is 0 Å². The second kappa shape index (κ2) is 8.26. The van der Waals surface area contributed by atoms with Gasteiger partial charge in [0.2, 0.25) is 0 Å². The number of nitro groups is 1. The lowest BCUT2D eigenvalue weighted by molar-refractivity contribution is -0.384. The molecule has 0 radical (unpaired) electrons. The lowest BCUT2D eigenvalue weighted by Gasteiger charge is -2.09. The maximum absolute atomic E-state index is 11.7. The third-order valence-electron chi connectivity index (χ3n) is 3.94. The first-order chi connectivity index (χ1) is 11.0. The van der Waals surface area contributed by atoms with E-state index in [-0.39, 0.29) is 18.3 Å². The molecular weight excluding hydrogens is 300 g/mol. The summed E-state index contributed by atoms with van der Waals surface area (Å²) >= 11 is 0. The summed E-state index contributed by atoms with van der Waals surface area (Å²) < 4.78 is 4.93. The third-order valence-corrected chi connectivity index (χ3v) is 3.94. The fourth-order valence-corrected chi connectivity index (χ4v) is 2.73. The lowest BCUT2D eigenvalue weighted by Crippen LogP contribution is -2.21. The number of non-ortho nitro benzene ring substituents is 1. The van der Waals surface area contributed by atoms with Gasteiger partial charge in [-0.25, -0.2) is 0 Å². The van der Waals surface area contributed by atoms with E-state index >= 15 is 0 Å². The van der Waals surface area contributed by atoms with E-state index in [1.165, 1.54) is 49.9 Å². The Labute approximate surface area is 134 Å². The maximum atomic E-state index is 11.7. The highest BCUT2D eigenvalue weighted by Gasteiger charge is 2.17. The summed E-state index contributed by atoms with van der Waals surface area (Å²) in [6.45, 7) is -0.383. The highest BCUT2D eigenvalue weighted by atomic mass is 16.6. The molecule has 1 aliphatic carbocycles. The molecule has 0 atom stereocenters. The number of nitrogens with one attached hydrogen (secondary N) is 1. The summed E-state index contributed by atoms with van der Waals surface area (Å²) in [5.74, 6) is -0.299. The molecule has 2 rings (SSSR count). The van der Waals surface area contributed by atoms with Crippen LogP contribution in [0.4, 0.5) is 11.4 Å². The molecule has 0 saturated heterocycles. The average molecular weight is 320 g/mol. The number of nitrogens with zero attached hydrogens (tertiary/aromatic N) is 1. The summed E-state index contributed by atoms with van der Waals surface area (Å²) in [4.78, 5) is 33.4. The molecule has 1 N–H and O–H groups in total. The van der Waals surface area contributed by atoms with Crippen molar-refractivity contribution in [1.29, 1.82) is 0 Å². The van der Waals surface area contributed by atoms with E-state index in [1.54, 1.807) is 0 Å². The molecule has 1 aliphatic rings.